The average molecular weight is 282 g/mol. The minimum atomic E-state index is 0. The first-order valence-electron chi connectivity index (χ1n) is 2.87. The van der Waals surface area contributed by atoms with Crippen LogP contribution in [0.5, 0.6) is 0 Å². The maximum atomic E-state index is 5.75. The summed E-state index contributed by atoms with van der Waals surface area (Å²) in [4.78, 5) is 0. The van der Waals surface area contributed by atoms with Crippen LogP contribution in [0, 0.1) is 0 Å². The van der Waals surface area contributed by atoms with E-state index in [1.54, 1.807) is 0 Å². The predicted molar refractivity (Wildman–Crippen MR) is 61.5 cm³/mol. The SMILES string of the molecule is Cl.NNc1cc(Cl)c(Cl)c(Cl)c1Cl. The Kier molecular flexibility index (Phi) is 5.52. The van der Waals surface area contributed by atoms with Crippen LogP contribution in [0.2, 0.25) is 20.1 Å². The van der Waals surface area contributed by atoms with Crippen LogP contribution in [-0.2, 0) is 0 Å². The van der Waals surface area contributed by atoms with Gasteiger partial charge in [-0.05, 0) is 6.07 Å². The molecule has 0 aliphatic carbocycles. The Labute approximate surface area is 102 Å². The van der Waals surface area contributed by atoms with E-state index in [9.17, 15) is 0 Å². The lowest BCUT2D eigenvalue weighted by Gasteiger charge is -2.07. The number of benzene rings is 1. The quantitative estimate of drug-likeness (QED) is 0.353. The lowest BCUT2D eigenvalue weighted by Crippen LogP contribution is -2.07. The molecule has 13 heavy (non-hydrogen) atoms. The smallest absolute Gasteiger partial charge is 0.0853 e. The number of hydrogen-bond donors (Lipinski definition) is 2. The summed E-state index contributed by atoms with van der Waals surface area (Å²) in [6.45, 7) is 0. The lowest BCUT2D eigenvalue weighted by molar-refractivity contribution is 1.35. The molecule has 0 aliphatic heterocycles. The normalized spacial score (nSPS) is 9.31. The summed E-state index contributed by atoms with van der Waals surface area (Å²) in [6.07, 6.45) is 0. The second-order valence-corrected chi connectivity index (χ2v) is 3.53. The van der Waals surface area contributed by atoms with Crippen LogP contribution in [-0.4, -0.2) is 0 Å². The lowest BCUT2D eigenvalue weighted by atomic mass is 10.3. The largest absolute Gasteiger partial charge is 0.323 e. The zero-order valence-corrected chi connectivity index (χ0v) is 9.92. The summed E-state index contributed by atoms with van der Waals surface area (Å²) in [5.74, 6) is 5.14. The van der Waals surface area contributed by atoms with Crippen LogP contribution in [0.3, 0.4) is 0 Å². The monoisotopic (exact) mass is 280 g/mol. The molecule has 0 spiro atoms. The first-order chi connectivity index (χ1) is 5.57. The summed E-state index contributed by atoms with van der Waals surface area (Å²) in [5.41, 5.74) is 2.79. The van der Waals surface area contributed by atoms with Gasteiger partial charge in [-0.15, -0.1) is 12.4 Å². The fourth-order valence-corrected chi connectivity index (χ4v) is 1.53. The van der Waals surface area contributed by atoms with Gasteiger partial charge in [0.25, 0.3) is 0 Å². The number of hydrogen-bond acceptors (Lipinski definition) is 2. The molecule has 0 radical (unpaired) electrons. The maximum Gasteiger partial charge on any atom is 0.0853 e. The van der Waals surface area contributed by atoms with Crippen molar-refractivity contribution < 1.29 is 0 Å². The molecule has 0 unspecified atom stereocenters. The van der Waals surface area contributed by atoms with E-state index in [2.05, 4.69) is 5.43 Å². The summed E-state index contributed by atoms with van der Waals surface area (Å²) < 4.78 is 0. The Hall–Kier alpha value is 0.430. The summed E-state index contributed by atoms with van der Waals surface area (Å²) >= 11 is 22.9. The van der Waals surface area contributed by atoms with Crippen molar-refractivity contribution in [1.82, 2.24) is 0 Å². The summed E-state index contributed by atoms with van der Waals surface area (Å²) in [7, 11) is 0. The molecular formula is C6H5Cl5N2. The fraction of sp³-hybridized carbons (Fsp3) is 0. The molecule has 1 aromatic rings. The average Bonchev–Trinajstić information content (AvgIpc) is 2.08. The van der Waals surface area contributed by atoms with Gasteiger partial charge < -0.3 is 5.43 Å². The van der Waals surface area contributed by atoms with Gasteiger partial charge in [0, 0.05) is 0 Å². The summed E-state index contributed by atoms with van der Waals surface area (Å²) in [5, 5.41) is 0.980. The van der Waals surface area contributed by atoms with Crippen molar-refractivity contribution in [3.05, 3.63) is 26.2 Å². The molecule has 7 heteroatoms. The van der Waals surface area contributed by atoms with Crippen LogP contribution in [0.25, 0.3) is 0 Å². The van der Waals surface area contributed by atoms with Crippen LogP contribution >= 0.6 is 58.8 Å². The Morgan fingerprint density at radius 2 is 1.54 bits per heavy atom. The molecule has 0 aliphatic rings. The number of nitrogens with two attached hydrogens (primary N) is 1. The Morgan fingerprint density at radius 3 is 2.00 bits per heavy atom. The Balaban J connectivity index is 0.00000144. The molecule has 0 atom stereocenters. The molecule has 0 saturated carbocycles. The molecule has 74 valence electrons. The molecule has 0 fully saturated rings. The first kappa shape index (κ1) is 13.4. The van der Waals surface area contributed by atoms with Gasteiger partial charge in [0.2, 0.25) is 0 Å². The van der Waals surface area contributed by atoms with Gasteiger partial charge in [0.1, 0.15) is 0 Å². The van der Waals surface area contributed by atoms with Crippen LogP contribution in [0.1, 0.15) is 0 Å². The van der Waals surface area contributed by atoms with E-state index in [1.807, 2.05) is 0 Å². The van der Waals surface area contributed by atoms with Crippen molar-refractivity contribution >= 4 is 64.5 Å². The zero-order chi connectivity index (χ0) is 9.30. The zero-order valence-electron chi connectivity index (χ0n) is 6.07. The molecule has 0 amide bonds. The molecule has 0 saturated heterocycles. The molecule has 0 aromatic heterocycles. The van der Waals surface area contributed by atoms with Crippen molar-refractivity contribution in [2.24, 2.45) is 5.84 Å². The van der Waals surface area contributed by atoms with Crippen LogP contribution in [0.4, 0.5) is 5.69 Å². The Bertz CT molecular complexity index is 314. The highest BCUT2D eigenvalue weighted by molar-refractivity contribution is 6.52. The minimum Gasteiger partial charge on any atom is -0.323 e. The highest BCUT2D eigenvalue weighted by Gasteiger charge is 2.11. The number of halogens is 5. The maximum absolute atomic E-state index is 5.75. The Morgan fingerprint density at radius 1 is 1.00 bits per heavy atom. The fourth-order valence-electron chi connectivity index (χ4n) is 0.678. The minimum absolute atomic E-state index is 0. The van der Waals surface area contributed by atoms with E-state index in [-0.39, 0.29) is 27.5 Å². The standard InChI is InChI=1S/C6H4Cl4N2.ClH/c7-2-1-3(12-11)5(9)6(10)4(2)8;/h1,12H,11H2;1H. The van der Waals surface area contributed by atoms with E-state index in [1.165, 1.54) is 6.07 Å². The van der Waals surface area contributed by atoms with Crippen LogP contribution < -0.4 is 11.3 Å². The number of hydrazine groups is 1. The second-order valence-electron chi connectivity index (χ2n) is 1.99. The van der Waals surface area contributed by atoms with E-state index in [0.717, 1.165) is 0 Å². The van der Waals surface area contributed by atoms with E-state index < -0.39 is 0 Å². The molecule has 3 N–H and O–H groups in total. The van der Waals surface area contributed by atoms with Crippen molar-refractivity contribution in [3.63, 3.8) is 0 Å². The van der Waals surface area contributed by atoms with E-state index in [4.69, 9.17) is 52.2 Å². The van der Waals surface area contributed by atoms with Gasteiger partial charge in [-0.2, -0.15) is 0 Å². The topological polar surface area (TPSA) is 38.0 Å². The highest BCUT2D eigenvalue weighted by Crippen LogP contribution is 2.40. The number of nitrogens with one attached hydrogen (secondary N) is 1. The van der Waals surface area contributed by atoms with Gasteiger partial charge in [-0.1, -0.05) is 46.4 Å². The van der Waals surface area contributed by atoms with Gasteiger partial charge in [-0.3, -0.25) is 5.84 Å². The van der Waals surface area contributed by atoms with Crippen molar-refractivity contribution in [2.45, 2.75) is 0 Å². The number of nitrogen functional groups attached to an aromatic ring is 1. The third kappa shape index (κ3) is 2.69. The van der Waals surface area contributed by atoms with Gasteiger partial charge >= 0.3 is 0 Å². The number of rotatable bonds is 1. The third-order valence-corrected chi connectivity index (χ3v) is 3.01. The van der Waals surface area contributed by atoms with Gasteiger partial charge in [0.15, 0.2) is 0 Å². The molecule has 2 nitrogen and oxygen atoms in total. The van der Waals surface area contributed by atoms with Crippen molar-refractivity contribution in [2.75, 3.05) is 5.43 Å². The van der Waals surface area contributed by atoms with Crippen molar-refractivity contribution in [3.8, 4) is 0 Å². The molecule has 0 heterocycles. The third-order valence-electron chi connectivity index (χ3n) is 1.26. The molecule has 1 rings (SSSR count). The first-order valence-corrected chi connectivity index (χ1v) is 4.38. The second kappa shape index (κ2) is 5.35. The number of anilines is 1. The molecule has 1 aromatic carbocycles. The van der Waals surface area contributed by atoms with Gasteiger partial charge in [0.05, 0.1) is 25.8 Å². The predicted octanol–water partition coefficient (Wildman–Crippen LogP) is 4.01. The van der Waals surface area contributed by atoms with E-state index in [0.29, 0.717) is 10.7 Å². The highest BCUT2D eigenvalue weighted by atomic mass is 35.5. The molecule has 0 bridgehead atoms. The van der Waals surface area contributed by atoms with Crippen molar-refractivity contribution in [1.29, 1.82) is 0 Å². The molecular weight excluding hydrogens is 277 g/mol. The van der Waals surface area contributed by atoms with Crippen LogP contribution in [0.15, 0.2) is 6.07 Å². The summed E-state index contributed by atoms with van der Waals surface area (Å²) in [6, 6.07) is 1.50. The van der Waals surface area contributed by atoms with E-state index >= 15 is 0 Å². The van der Waals surface area contributed by atoms with Gasteiger partial charge in [-0.25, -0.2) is 0 Å².